The molecule has 8 heteroatoms. The number of amides is 1. The fraction of sp³-hybridized carbons (Fsp3) is 0.316. The third-order valence-electron chi connectivity index (χ3n) is 4.20. The van der Waals surface area contributed by atoms with Crippen LogP contribution in [0.5, 0.6) is 0 Å². The van der Waals surface area contributed by atoms with E-state index in [-0.39, 0.29) is 0 Å². The second-order valence-electron chi connectivity index (χ2n) is 6.40. The smallest absolute Gasteiger partial charge is 0.248 e. The molecule has 1 atom stereocenters. The largest absolute Gasteiger partial charge is 0.324 e. The molecule has 27 heavy (non-hydrogen) atoms. The molecule has 0 aliphatic rings. The van der Waals surface area contributed by atoms with Gasteiger partial charge in [0.2, 0.25) is 15.9 Å². The van der Waals surface area contributed by atoms with Crippen LogP contribution >= 0.6 is 23.2 Å². The second-order valence-corrected chi connectivity index (χ2v) is 9.13. The Morgan fingerprint density at radius 3 is 2.15 bits per heavy atom. The summed E-state index contributed by atoms with van der Waals surface area (Å²) in [6, 6.07) is 9.05. The summed E-state index contributed by atoms with van der Waals surface area (Å²) in [6.45, 7) is 5.60. The molecule has 0 spiro atoms. The molecule has 146 valence electrons. The van der Waals surface area contributed by atoms with Gasteiger partial charge in [0.25, 0.3) is 0 Å². The molecule has 0 heterocycles. The summed E-state index contributed by atoms with van der Waals surface area (Å²) in [5.41, 5.74) is 2.84. The van der Waals surface area contributed by atoms with E-state index < -0.39 is 22.0 Å². The number of nitrogens with zero attached hydrogens (tertiary/aromatic N) is 1. The first-order valence-corrected chi connectivity index (χ1v) is 11.0. The van der Waals surface area contributed by atoms with Crippen LogP contribution in [0.4, 0.5) is 11.4 Å². The first kappa shape index (κ1) is 21.5. The summed E-state index contributed by atoms with van der Waals surface area (Å²) in [4.78, 5) is 12.9. The van der Waals surface area contributed by atoms with Crippen molar-refractivity contribution in [3.63, 3.8) is 0 Å². The Morgan fingerprint density at radius 2 is 1.67 bits per heavy atom. The predicted molar refractivity (Wildman–Crippen MR) is 112 cm³/mol. The summed E-state index contributed by atoms with van der Waals surface area (Å²) in [7, 11) is -3.69. The van der Waals surface area contributed by atoms with Crippen LogP contribution in [0.15, 0.2) is 36.4 Å². The molecule has 2 rings (SSSR count). The van der Waals surface area contributed by atoms with E-state index in [1.54, 1.807) is 37.3 Å². The molecule has 2 aromatic rings. The van der Waals surface area contributed by atoms with Crippen molar-refractivity contribution in [1.29, 1.82) is 0 Å². The Kier molecular flexibility index (Phi) is 6.78. The second kappa shape index (κ2) is 8.50. The molecule has 0 bridgehead atoms. The molecule has 0 saturated heterocycles. The lowest BCUT2D eigenvalue weighted by molar-refractivity contribution is -0.117. The van der Waals surface area contributed by atoms with Crippen molar-refractivity contribution < 1.29 is 13.2 Å². The van der Waals surface area contributed by atoms with E-state index in [9.17, 15) is 13.2 Å². The Morgan fingerprint density at radius 1 is 1.07 bits per heavy atom. The summed E-state index contributed by atoms with van der Waals surface area (Å²) < 4.78 is 26.1. The molecule has 2 aromatic carbocycles. The molecule has 0 radical (unpaired) electrons. The van der Waals surface area contributed by atoms with Crippen molar-refractivity contribution in [1.82, 2.24) is 0 Å². The van der Waals surface area contributed by atoms with Crippen molar-refractivity contribution in [3.05, 3.63) is 57.6 Å². The van der Waals surface area contributed by atoms with Crippen LogP contribution in [0.2, 0.25) is 10.0 Å². The summed E-state index contributed by atoms with van der Waals surface area (Å²) in [6.07, 6.45) is 1.38. The average molecular weight is 429 g/mol. The van der Waals surface area contributed by atoms with E-state index in [0.29, 0.717) is 27.8 Å². The van der Waals surface area contributed by atoms with Gasteiger partial charge in [-0.1, -0.05) is 36.2 Å². The van der Waals surface area contributed by atoms with Crippen molar-refractivity contribution in [2.75, 3.05) is 15.9 Å². The van der Waals surface area contributed by atoms with Gasteiger partial charge in [-0.3, -0.25) is 9.10 Å². The molecule has 0 fully saturated rings. The highest BCUT2D eigenvalue weighted by Crippen LogP contribution is 2.27. The molecule has 0 aliphatic heterocycles. The highest BCUT2D eigenvalue weighted by molar-refractivity contribution is 7.92. The highest BCUT2D eigenvalue weighted by Gasteiger charge is 2.31. The number of hydrogen-bond acceptors (Lipinski definition) is 3. The third-order valence-corrected chi connectivity index (χ3v) is 5.82. The van der Waals surface area contributed by atoms with Crippen LogP contribution in [0.25, 0.3) is 0 Å². The van der Waals surface area contributed by atoms with Gasteiger partial charge in [-0.05, 0) is 61.7 Å². The number of aryl methyl sites for hydroxylation is 2. The number of rotatable bonds is 6. The van der Waals surface area contributed by atoms with Crippen LogP contribution in [0.3, 0.4) is 0 Å². The van der Waals surface area contributed by atoms with Gasteiger partial charge in [0.05, 0.1) is 11.9 Å². The van der Waals surface area contributed by atoms with E-state index in [1.165, 1.54) is 0 Å². The maximum Gasteiger partial charge on any atom is 0.248 e. The quantitative estimate of drug-likeness (QED) is 0.718. The Balaban J connectivity index is 2.42. The molecule has 1 unspecified atom stereocenters. The normalized spacial score (nSPS) is 12.5. The molecular weight excluding hydrogens is 407 g/mol. The first-order valence-electron chi connectivity index (χ1n) is 8.36. The van der Waals surface area contributed by atoms with Crippen LogP contribution in [-0.2, 0) is 14.8 Å². The molecule has 1 N–H and O–H groups in total. The van der Waals surface area contributed by atoms with Gasteiger partial charge >= 0.3 is 0 Å². The number of halogens is 2. The van der Waals surface area contributed by atoms with Gasteiger partial charge < -0.3 is 5.32 Å². The highest BCUT2D eigenvalue weighted by atomic mass is 35.5. The van der Waals surface area contributed by atoms with Gasteiger partial charge in [0.1, 0.15) is 6.04 Å². The minimum absolute atomic E-state index is 0.292. The molecule has 0 aliphatic carbocycles. The zero-order chi connectivity index (χ0) is 20.4. The van der Waals surface area contributed by atoms with E-state index in [0.717, 1.165) is 21.7 Å². The fourth-order valence-electron chi connectivity index (χ4n) is 2.77. The van der Waals surface area contributed by atoms with E-state index >= 15 is 0 Å². The van der Waals surface area contributed by atoms with Crippen LogP contribution in [0.1, 0.15) is 24.5 Å². The van der Waals surface area contributed by atoms with E-state index in [4.69, 9.17) is 23.2 Å². The topological polar surface area (TPSA) is 66.5 Å². The maximum absolute atomic E-state index is 12.9. The number of benzene rings is 2. The molecule has 1 amide bonds. The number of hydrogen-bond donors (Lipinski definition) is 1. The first-order chi connectivity index (χ1) is 12.5. The molecule has 5 nitrogen and oxygen atoms in total. The van der Waals surface area contributed by atoms with Gasteiger partial charge in [-0.2, -0.15) is 0 Å². The van der Waals surface area contributed by atoms with Crippen molar-refractivity contribution in [3.8, 4) is 0 Å². The Hall–Kier alpha value is -1.76. The monoisotopic (exact) mass is 428 g/mol. The minimum Gasteiger partial charge on any atom is -0.324 e. The Bertz CT molecular complexity index is 941. The van der Waals surface area contributed by atoms with Gasteiger partial charge in [-0.15, -0.1) is 0 Å². The number of anilines is 2. The lowest BCUT2D eigenvalue weighted by Gasteiger charge is -2.30. The van der Waals surface area contributed by atoms with Gasteiger partial charge in [0.15, 0.2) is 0 Å². The Labute approximate surface area is 170 Å². The van der Waals surface area contributed by atoms with Crippen LogP contribution < -0.4 is 9.62 Å². The standard InChI is InChI=1S/C19H22Cl2N2O3S/c1-5-18(19(24)22-16-10-14(20)9-15(21)11-16)23(27(4,25)26)17-7-6-12(2)13(3)8-17/h6-11,18H,5H2,1-4H3,(H,22,24). The SMILES string of the molecule is CCC(C(=O)Nc1cc(Cl)cc(Cl)c1)N(c1ccc(C)c(C)c1)S(C)(=O)=O. The van der Waals surface area contributed by atoms with Gasteiger partial charge in [-0.25, -0.2) is 8.42 Å². The average Bonchev–Trinajstić information content (AvgIpc) is 2.53. The van der Waals surface area contributed by atoms with Crippen LogP contribution in [-0.4, -0.2) is 26.6 Å². The molecule has 0 aromatic heterocycles. The van der Waals surface area contributed by atoms with Crippen molar-refractivity contribution >= 4 is 50.5 Å². The van der Waals surface area contributed by atoms with Crippen molar-refractivity contribution in [2.24, 2.45) is 0 Å². The van der Waals surface area contributed by atoms with Crippen LogP contribution in [0, 0.1) is 13.8 Å². The molecule has 0 saturated carbocycles. The van der Waals surface area contributed by atoms with E-state index in [2.05, 4.69) is 5.32 Å². The summed E-state index contributed by atoms with van der Waals surface area (Å²) in [5, 5.41) is 3.46. The fourth-order valence-corrected chi connectivity index (χ4v) is 4.50. The number of carbonyl (C=O) groups excluding carboxylic acids is 1. The number of nitrogens with one attached hydrogen (secondary N) is 1. The minimum atomic E-state index is -3.69. The lowest BCUT2D eigenvalue weighted by atomic mass is 10.1. The summed E-state index contributed by atoms with van der Waals surface area (Å²) in [5.74, 6) is -0.459. The maximum atomic E-state index is 12.9. The summed E-state index contributed by atoms with van der Waals surface area (Å²) >= 11 is 11.9. The zero-order valence-electron chi connectivity index (χ0n) is 15.6. The number of carbonyl (C=O) groups is 1. The zero-order valence-corrected chi connectivity index (χ0v) is 17.9. The van der Waals surface area contributed by atoms with Crippen molar-refractivity contribution in [2.45, 2.75) is 33.2 Å². The third kappa shape index (κ3) is 5.37. The van der Waals surface area contributed by atoms with E-state index in [1.807, 2.05) is 19.9 Å². The number of sulfonamides is 1. The molecular formula is C19H22Cl2N2O3S. The lowest BCUT2D eigenvalue weighted by Crippen LogP contribution is -2.47. The van der Waals surface area contributed by atoms with Gasteiger partial charge in [0, 0.05) is 15.7 Å². The predicted octanol–water partition coefficient (Wildman–Crippen LogP) is 4.79.